The molecule has 0 unspecified atom stereocenters. The molecule has 0 aromatic heterocycles. The summed E-state index contributed by atoms with van der Waals surface area (Å²) in [5.74, 6) is 0.822. The molecule has 0 aliphatic rings. The van der Waals surface area contributed by atoms with Gasteiger partial charge in [-0.15, -0.1) is 0 Å². The van der Waals surface area contributed by atoms with E-state index in [0.29, 0.717) is 28.6 Å². The minimum Gasteiger partial charge on any atom is -0.379 e. The summed E-state index contributed by atoms with van der Waals surface area (Å²) < 4.78 is 0. The van der Waals surface area contributed by atoms with Crippen LogP contribution >= 0.6 is 35.0 Å². The maximum atomic E-state index is 12.3. The van der Waals surface area contributed by atoms with Gasteiger partial charge in [0, 0.05) is 18.6 Å². The van der Waals surface area contributed by atoms with Crippen LogP contribution in [0, 0.1) is 5.41 Å². The van der Waals surface area contributed by atoms with Crippen molar-refractivity contribution in [2.45, 2.75) is 31.4 Å². The van der Waals surface area contributed by atoms with E-state index in [9.17, 15) is 4.79 Å². The summed E-state index contributed by atoms with van der Waals surface area (Å²) in [5, 5.41) is 8.49. The normalized spacial score (nSPS) is 10.6. The molecule has 2 aromatic carbocycles. The van der Waals surface area contributed by atoms with E-state index in [-0.39, 0.29) is 11.0 Å². The van der Waals surface area contributed by atoms with Crippen molar-refractivity contribution < 1.29 is 4.79 Å². The number of thioether (sulfide) groups is 1. The van der Waals surface area contributed by atoms with Gasteiger partial charge in [-0.25, -0.2) is 0 Å². The Morgan fingerprint density at radius 3 is 2.48 bits per heavy atom. The van der Waals surface area contributed by atoms with Crippen molar-refractivity contribution in [1.29, 1.82) is 5.41 Å². The van der Waals surface area contributed by atoms with E-state index in [1.807, 2.05) is 36.4 Å². The van der Waals surface area contributed by atoms with Crippen LogP contribution in [0.5, 0.6) is 0 Å². The number of carbonyl (C=O) groups is 1. The van der Waals surface area contributed by atoms with Crippen LogP contribution in [0.4, 0.5) is 0 Å². The van der Waals surface area contributed by atoms with Crippen LogP contribution < -0.4 is 5.73 Å². The fourth-order valence-corrected chi connectivity index (χ4v) is 3.43. The third kappa shape index (κ3) is 6.73. The molecule has 0 aliphatic heterocycles. The Hall–Kier alpha value is -1.49. The first kappa shape index (κ1) is 19.8. The van der Waals surface area contributed by atoms with Gasteiger partial charge >= 0.3 is 0 Å². The first-order valence-corrected chi connectivity index (χ1v) is 9.69. The van der Waals surface area contributed by atoms with E-state index in [2.05, 4.69) is 0 Å². The highest BCUT2D eigenvalue weighted by molar-refractivity contribution is 8.13. The zero-order valence-corrected chi connectivity index (χ0v) is 16.1. The number of hydrogen-bond acceptors (Lipinski definition) is 3. The van der Waals surface area contributed by atoms with E-state index < -0.39 is 0 Å². The highest BCUT2D eigenvalue weighted by Gasteiger charge is 2.09. The van der Waals surface area contributed by atoms with Crippen molar-refractivity contribution in [1.82, 2.24) is 0 Å². The van der Waals surface area contributed by atoms with Gasteiger partial charge in [0.2, 0.25) is 0 Å². The summed E-state index contributed by atoms with van der Waals surface area (Å²) in [6.07, 6.45) is 2.51. The molecule has 3 nitrogen and oxygen atoms in total. The third-order valence-electron chi connectivity index (χ3n) is 3.79. The number of hydrogen-bond donors (Lipinski definition) is 2. The van der Waals surface area contributed by atoms with E-state index in [0.717, 1.165) is 29.5 Å². The molecule has 2 rings (SSSR count). The molecule has 2 aromatic rings. The second kappa shape index (κ2) is 9.85. The first-order chi connectivity index (χ1) is 12.0. The largest absolute Gasteiger partial charge is 0.379 e. The molecule has 0 saturated heterocycles. The Kier molecular flexibility index (Phi) is 7.82. The molecule has 132 valence electrons. The number of carbonyl (C=O) groups excluding carboxylic acids is 1. The lowest BCUT2D eigenvalue weighted by Crippen LogP contribution is -2.07. The number of halogens is 2. The van der Waals surface area contributed by atoms with Crippen molar-refractivity contribution >= 4 is 45.9 Å². The van der Waals surface area contributed by atoms with E-state index in [1.165, 1.54) is 11.8 Å². The average Bonchev–Trinajstić information content (AvgIpc) is 2.57. The quantitative estimate of drug-likeness (QED) is 0.474. The number of rotatable bonds is 8. The molecule has 0 saturated carbocycles. The molecule has 0 aliphatic carbocycles. The zero-order valence-electron chi connectivity index (χ0n) is 13.7. The van der Waals surface area contributed by atoms with Gasteiger partial charge in [0.1, 0.15) is 5.78 Å². The molecular formula is C19H20Cl2N2OS. The minimum atomic E-state index is 0.0859. The number of ketones is 1. The predicted octanol–water partition coefficient (Wildman–Crippen LogP) is 5.25. The van der Waals surface area contributed by atoms with Crippen molar-refractivity contribution in [3.05, 3.63) is 69.2 Å². The molecule has 6 heteroatoms. The van der Waals surface area contributed by atoms with Crippen molar-refractivity contribution in [3.63, 3.8) is 0 Å². The van der Waals surface area contributed by atoms with Gasteiger partial charge in [-0.3, -0.25) is 10.2 Å². The van der Waals surface area contributed by atoms with Crippen LogP contribution in [0.1, 0.15) is 29.5 Å². The van der Waals surface area contributed by atoms with Gasteiger partial charge in [0.05, 0.1) is 10.0 Å². The lowest BCUT2D eigenvalue weighted by Gasteiger charge is -2.08. The molecule has 0 bridgehead atoms. The molecule has 3 N–H and O–H groups in total. The lowest BCUT2D eigenvalue weighted by atomic mass is 9.99. The van der Waals surface area contributed by atoms with E-state index in [4.69, 9.17) is 34.3 Å². The van der Waals surface area contributed by atoms with Gasteiger partial charge in [-0.1, -0.05) is 65.3 Å². The van der Waals surface area contributed by atoms with Crippen LogP contribution in [0.25, 0.3) is 0 Å². The number of amidine groups is 1. The molecule has 0 radical (unpaired) electrons. The predicted molar refractivity (Wildman–Crippen MR) is 108 cm³/mol. The smallest absolute Gasteiger partial charge is 0.151 e. The number of benzene rings is 2. The Morgan fingerprint density at radius 2 is 1.80 bits per heavy atom. The fraction of sp³-hybridized carbons (Fsp3) is 0.263. The summed E-state index contributed by atoms with van der Waals surface area (Å²) in [7, 11) is 0. The van der Waals surface area contributed by atoms with Crippen LogP contribution in [0.2, 0.25) is 10.0 Å². The Morgan fingerprint density at radius 1 is 1.08 bits per heavy atom. The summed E-state index contributed by atoms with van der Waals surface area (Å²) in [6, 6.07) is 13.4. The average molecular weight is 395 g/mol. The summed E-state index contributed by atoms with van der Waals surface area (Å²) in [5.41, 5.74) is 8.54. The van der Waals surface area contributed by atoms with Crippen LogP contribution in [-0.2, 0) is 23.4 Å². The maximum absolute atomic E-state index is 12.3. The van der Waals surface area contributed by atoms with E-state index in [1.54, 1.807) is 6.07 Å². The molecule has 0 spiro atoms. The van der Waals surface area contributed by atoms with Gasteiger partial charge in [0.25, 0.3) is 0 Å². The first-order valence-electron chi connectivity index (χ1n) is 7.95. The Bertz CT molecular complexity index is 765. The van der Waals surface area contributed by atoms with Crippen molar-refractivity contribution in [2.75, 3.05) is 0 Å². The SMILES string of the molecule is N=C(N)SCc1ccccc1CC(=O)CCCc1ccc(Cl)c(Cl)c1. The second-order valence-corrected chi connectivity index (χ2v) is 7.57. The monoisotopic (exact) mass is 394 g/mol. The van der Waals surface area contributed by atoms with Crippen LogP contribution in [-0.4, -0.2) is 11.0 Å². The second-order valence-electron chi connectivity index (χ2n) is 5.74. The van der Waals surface area contributed by atoms with Gasteiger partial charge in [-0.05, 0) is 41.7 Å². The topological polar surface area (TPSA) is 66.9 Å². The summed E-state index contributed by atoms with van der Waals surface area (Å²) >= 11 is 13.2. The standard InChI is InChI=1S/C19H20Cl2N2OS/c20-17-9-8-13(10-18(17)21)4-3-7-16(24)11-14-5-1-2-6-15(14)12-25-19(22)23/h1-2,5-6,8-10H,3-4,7,11-12H2,(H3,22,23). The van der Waals surface area contributed by atoms with Gasteiger partial charge < -0.3 is 5.73 Å². The van der Waals surface area contributed by atoms with E-state index >= 15 is 0 Å². The highest BCUT2D eigenvalue weighted by Crippen LogP contribution is 2.23. The molecular weight excluding hydrogens is 375 g/mol. The third-order valence-corrected chi connectivity index (χ3v) is 5.30. The lowest BCUT2D eigenvalue weighted by molar-refractivity contribution is -0.118. The highest BCUT2D eigenvalue weighted by atomic mass is 35.5. The number of nitrogens with one attached hydrogen (secondary N) is 1. The molecule has 0 fully saturated rings. The Balaban J connectivity index is 1.85. The van der Waals surface area contributed by atoms with Crippen LogP contribution in [0.3, 0.4) is 0 Å². The van der Waals surface area contributed by atoms with Crippen molar-refractivity contribution in [3.8, 4) is 0 Å². The van der Waals surface area contributed by atoms with Gasteiger partial charge in [0.15, 0.2) is 5.17 Å². The Labute approximate surface area is 162 Å². The summed E-state index contributed by atoms with van der Waals surface area (Å²) in [6.45, 7) is 0. The number of Topliss-reactive ketones (excluding diaryl/α,β-unsaturated/α-hetero) is 1. The van der Waals surface area contributed by atoms with Gasteiger partial charge in [-0.2, -0.15) is 0 Å². The number of aryl methyl sites for hydroxylation is 1. The maximum Gasteiger partial charge on any atom is 0.151 e. The van der Waals surface area contributed by atoms with Crippen LogP contribution in [0.15, 0.2) is 42.5 Å². The summed E-state index contributed by atoms with van der Waals surface area (Å²) in [4.78, 5) is 12.3. The van der Waals surface area contributed by atoms with Crippen molar-refractivity contribution in [2.24, 2.45) is 5.73 Å². The zero-order chi connectivity index (χ0) is 18.2. The fourth-order valence-electron chi connectivity index (χ4n) is 2.51. The number of nitrogens with two attached hydrogens (primary N) is 1. The molecule has 25 heavy (non-hydrogen) atoms. The molecule has 0 amide bonds. The molecule has 0 atom stereocenters. The molecule has 0 heterocycles. The minimum absolute atomic E-state index is 0.0859.